The smallest absolute Gasteiger partial charge is 0.254 e. The molecule has 146 valence electrons. The van der Waals surface area contributed by atoms with Crippen molar-refractivity contribution in [3.05, 3.63) is 41.6 Å². The van der Waals surface area contributed by atoms with Gasteiger partial charge in [-0.15, -0.1) is 0 Å². The molecule has 1 aliphatic rings. The molecule has 1 fully saturated rings. The van der Waals surface area contributed by atoms with Gasteiger partial charge in [-0.25, -0.2) is 0 Å². The fourth-order valence-corrected chi connectivity index (χ4v) is 3.21. The number of nitrogens with one attached hydrogen (secondary N) is 2. The Bertz CT molecular complexity index is 990. The van der Waals surface area contributed by atoms with Crippen molar-refractivity contribution in [1.29, 1.82) is 0 Å². The molecular weight excluding hydrogens is 356 g/mol. The first-order valence-corrected chi connectivity index (χ1v) is 9.30. The SMILES string of the molecule is Cc1cc2c(Nc3ccc(C(=O)N4CCOCC4)cc3)nc(N(C)C)nc2[nH]1. The molecule has 28 heavy (non-hydrogen) atoms. The standard InChI is InChI=1S/C20H24N6O2/c1-13-12-16-17(21-13)23-20(25(2)3)24-18(16)22-15-6-4-14(5-7-15)19(27)26-8-10-28-11-9-26/h4-7,12H,8-11H2,1-3H3,(H2,21,22,23,24). The van der Waals surface area contributed by atoms with Crippen LogP contribution in [0, 0.1) is 6.92 Å². The second kappa shape index (κ2) is 7.47. The molecule has 4 rings (SSSR count). The molecule has 8 nitrogen and oxygen atoms in total. The summed E-state index contributed by atoms with van der Waals surface area (Å²) in [6, 6.07) is 9.50. The molecule has 0 unspecified atom stereocenters. The monoisotopic (exact) mass is 380 g/mol. The molecule has 8 heteroatoms. The first-order chi connectivity index (χ1) is 13.5. The van der Waals surface area contributed by atoms with Gasteiger partial charge < -0.3 is 24.8 Å². The van der Waals surface area contributed by atoms with Crippen molar-refractivity contribution >= 4 is 34.4 Å². The molecule has 1 amide bonds. The topological polar surface area (TPSA) is 86.4 Å². The van der Waals surface area contributed by atoms with Crippen molar-refractivity contribution in [2.24, 2.45) is 0 Å². The summed E-state index contributed by atoms with van der Waals surface area (Å²) in [7, 11) is 3.82. The Morgan fingerprint density at radius 1 is 1.18 bits per heavy atom. The van der Waals surface area contributed by atoms with Crippen LogP contribution < -0.4 is 10.2 Å². The summed E-state index contributed by atoms with van der Waals surface area (Å²) in [5, 5.41) is 4.29. The van der Waals surface area contributed by atoms with E-state index in [1.54, 1.807) is 0 Å². The Labute approximate surface area is 163 Å². The van der Waals surface area contributed by atoms with Crippen molar-refractivity contribution in [3.8, 4) is 0 Å². The molecule has 0 saturated carbocycles. The molecule has 2 aromatic heterocycles. The number of aromatic amines is 1. The number of nitrogens with zero attached hydrogens (tertiary/aromatic N) is 4. The Morgan fingerprint density at radius 3 is 2.57 bits per heavy atom. The molecule has 0 bridgehead atoms. The van der Waals surface area contributed by atoms with Crippen LogP contribution in [0.3, 0.4) is 0 Å². The number of carbonyl (C=O) groups excluding carboxylic acids is 1. The van der Waals surface area contributed by atoms with Gasteiger partial charge in [-0.2, -0.15) is 9.97 Å². The van der Waals surface area contributed by atoms with Crippen molar-refractivity contribution in [2.75, 3.05) is 50.6 Å². The van der Waals surface area contributed by atoms with Crippen LogP contribution in [0.1, 0.15) is 16.1 Å². The number of fused-ring (bicyclic) bond motifs is 1. The average Bonchev–Trinajstić information content (AvgIpc) is 3.09. The largest absolute Gasteiger partial charge is 0.378 e. The van der Waals surface area contributed by atoms with E-state index >= 15 is 0 Å². The van der Waals surface area contributed by atoms with Crippen LogP contribution >= 0.6 is 0 Å². The summed E-state index contributed by atoms with van der Waals surface area (Å²) in [4.78, 5) is 28.7. The summed E-state index contributed by atoms with van der Waals surface area (Å²) in [5.74, 6) is 1.39. The zero-order chi connectivity index (χ0) is 19.7. The maximum absolute atomic E-state index is 12.6. The molecule has 3 heterocycles. The van der Waals surface area contributed by atoms with Crippen molar-refractivity contribution in [3.63, 3.8) is 0 Å². The number of benzene rings is 1. The summed E-state index contributed by atoms with van der Waals surface area (Å²) < 4.78 is 5.31. The van der Waals surface area contributed by atoms with Crippen LogP contribution in [0.25, 0.3) is 11.0 Å². The van der Waals surface area contributed by atoms with Gasteiger partial charge in [-0.3, -0.25) is 4.79 Å². The van der Waals surface area contributed by atoms with Gasteiger partial charge in [0.2, 0.25) is 5.95 Å². The molecule has 0 aliphatic carbocycles. The van der Waals surface area contributed by atoms with E-state index in [-0.39, 0.29) is 5.91 Å². The molecule has 0 radical (unpaired) electrons. The van der Waals surface area contributed by atoms with E-state index in [4.69, 9.17) is 4.74 Å². The summed E-state index contributed by atoms with van der Waals surface area (Å²) >= 11 is 0. The Balaban J connectivity index is 1.58. The number of H-pyrrole nitrogens is 1. The van der Waals surface area contributed by atoms with Gasteiger partial charge in [-0.05, 0) is 37.3 Å². The number of anilines is 3. The van der Waals surface area contributed by atoms with E-state index in [1.807, 2.05) is 61.2 Å². The van der Waals surface area contributed by atoms with Crippen molar-refractivity contribution in [2.45, 2.75) is 6.92 Å². The third-order valence-electron chi connectivity index (χ3n) is 4.70. The first-order valence-electron chi connectivity index (χ1n) is 9.30. The summed E-state index contributed by atoms with van der Waals surface area (Å²) in [5.41, 5.74) is 3.35. The predicted octanol–water partition coefficient (Wildman–Crippen LogP) is 2.55. The van der Waals surface area contributed by atoms with E-state index in [9.17, 15) is 4.79 Å². The zero-order valence-corrected chi connectivity index (χ0v) is 16.3. The number of hydrogen-bond acceptors (Lipinski definition) is 6. The predicted molar refractivity (Wildman–Crippen MR) is 109 cm³/mol. The highest BCUT2D eigenvalue weighted by Gasteiger charge is 2.18. The Kier molecular flexibility index (Phi) is 4.87. The van der Waals surface area contributed by atoms with E-state index < -0.39 is 0 Å². The van der Waals surface area contributed by atoms with Crippen molar-refractivity contribution in [1.82, 2.24) is 19.9 Å². The van der Waals surface area contributed by atoms with Crippen LogP contribution in [0.4, 0.5) is 17.5 Å². The molecule has 1 saturated heterocycles. The maximum Gasteiger partial charge on any atom is 0.254 e. The lowest BCUT2D eigenvalue weighted by Crippen LogP contribution is -2.40. The highest BCUT2D eigenvalue weighted by Crippen LogP contribution is 2.27. The van der Waals surface area contributed by atoms with E-state index in [1.165, 1.54) is 0 Å². The fourth-order valence-electron chi connectivity index (χ4n) is 3.21. The normalized spacial score (nSPS) is 14.3. The number of rotatable bonds is 4. The highest BCUT2D eigenvalue weighted by molar-refractivity contribution is 5.95. The number of amides is 1. The number of aryl methyl sites for hydroxylation is 1. The third-order valence-corrected chi connectivity index (χ3v) is 4.70. The first kappa shape index (κ1) is 18.2. The van der Waals surface area contributed by atoms with Gasteiger partial charge in [0, 0.05) is 44.1 Å². The molecule has 1 aromatic carbocycles. The minimum Gasteiger partial charge on any atom is -0.378 e. The molecule has 2 N–H and O–H groups in total. The maximum atomic E-state index is 12.6. The van der Waals surface area contributed by atoms with Gasteiger partial charge >= 0.3 is 0 Å². The zero-order valence-electron chi connectivity index (χ0n) is 16.3. The number of aromatic nitrogens is 3. The Hall–Kier alpha value is -3.13. The van der Waals surface area contributed by atoms with Crippen LogP contribution in [0.2, 0.25) is 0 Å². The lowest BCUT2D eigenvalue weighted by Gasteiger charge is -2.26. The van der Waals surface area contributed by atoms with Gasteiger partial charge in [0.1, 0.15) is 11.5 Å². The Morgan fingerprint density at radius 2 is 1.89 bits per heavy atom. The third kappa shape index (κ3) is 3.63. The number of morpholine rings is 1. The highest BCUT2D eigenvalue weighted by atomic mass is 16.5. The minimum atomic E-state index is 0.0374. The fraction of sp³-hybridized carbons (Fsp3) is 0.350. The van der Waals surface area contributed by atoms with Crippen LogP contribution in [0.15, 0.2) is 30.3 Å². The van der Waals surface area contributed by atoms with E-state index in [0.717, 1.165) is 28.2 Å². The van der Waals surface area contributed by atoms with Crippen molar-refractivity contribution < 1.29 is 9.53 Å². The quantitative estimate of drug-likeness (QED) is 0.723. The van der Waals surface area contributed by atoms with Crippen LogP contribution in [0.5, 0.6) is 0 Å². The minimum absolute atomic E-state index is 0.0374. The number of carbonyl (C=O) groups is 1. The van der Waals surface area contributed by atoms with Gasteiger partial charge in [-0.1, -0.05) is 0 Å². The average molecular weight is 380 g/mol. The second-order valence-corrected chi connectivity index (χ2v) is 7.09. The number of hydrogen-bond donors (Lipinski definition) is 2. The molecular formula is C20H24N6O2. The summed E-state index contributed by atoms with van der Waals surface area (Å²) in [6.07, 6.45) is 0. The van der Waals surface area contributed by atoms with Gasteiger partial charge in [0.25, 0.3) is 5.91 Å². The van der Waals surface area contributed by atoms with Gasteiger partial charge in [0.05, 0.1) is 18.6 Å². The second-order valence-electron chi connectivity index (χ2n) is 7.09. The lowest BCUT2D eigenvalue weighted by molar-refractivity contribution is 0.0303. The summed E-state index contributed by atoms with van der Waals surface area (Å²) in [6.45, 7) is 4.46. The van der Waals surface area contributed by atoms with E-state index in [0.29, 0.717) is 37.8 Å². The molecule has 3 aromatic rings. The van der Waals surface area contributed by atoms with E-state index in [2.05, 4.69) is 20.3 Å². The van der Waals surface area contributed by atoms with Crippen LogP contribution in [-0.2, 0) is 4.74 Å². The molecule has 0 atom stereocenters. The molecule has 0 spiro atoms. The van der Waals surface area contributed by atoms with Crippen LogP contribution in [-0.4, -0.2) is 66.2 Å². The lowest BCUT2D eigenvalue weighted by atomic mass is 10.1. The molecule has 1 aliphatic heterocycles. The van der Waals surface area contributed by atoms with Gasteiger partial charge in [0.15, 0.2) is 0 Å². The number of ether oxygens (including phenoxy) is 1.